The number of fused-ring (bicyclic) bond motifs is 4. The van der Waals surface area contributed by atoms with E-state index in [9.17, 15) is 0 Å². The smallest absolute Gasteiger partial charge is 0.0904 e. The second kappa shape index (κ2) is 9.92. The third-order valence-electron chi connectivity index (χ3n) is 9.28. The summed E-state index contributed by atoms with van der Waals surface area (Å²) in [5.74, 6) is 8.18. The minimum Gasteiger partial charge on any atom is -0.337 e. The third kappa shape index (κ3) is 4.58. The van der Waals surface area contributed by atoms with Crippen molar-refractivity contribution in [1.82, 2.24) is 0 Å². The lowest BCUT2D eigenvalue weighted by Gasteiger charge is -2.33. The summed E-state index contributed by atoms with van der Waals surface area (Å²) in [6.45, 7) is 9.84. The molecule has 4 saturated carbocycles. The highest BCUT2D eigenvalue weighted by Gasteiger charge is 2.52. The van der Waals surface area contributed by atoms with Crippen molar-refractivity contribution in [1.29, 1.82) is 0 Å². The number of rotatable bonds is 2. The Bertz CT molecular complexity index is 398. The van der Waals surface area contributed by atoms with Crippen LogP contribution in [-0.4, -0.2) is 40.3 Å². The van der Waals surface area contributed by atoms with Crippen LogP contribution in [0.1, 0.15) is 53.4 Å². The van der Waals surface area contributed by atoms with E-state index in [1.54, 1.807) is 9.80 Å². The first kappa shape index (κ1) is 23.7. The van der Waals surface area contributed by atoms with Crippen LogP contribution >= 0.6 is 37.2 Å². The van der Waals surface area contributed by atoms with Gasteiger partial charge in [0.25, 0.3) is 0 Å². The normalized spacial score (nSPS) is 48.5. The number of quaternary nitrogens is 2. The van der Waals surface area contributed by atoms with Gasteiger partial charge in [0.2, 0.25) is 0 Å². The Morgan fingerprint density at radius 2 is 0.846 bits per heavy atom. The Morgan fingerprint density at radius 1 is 0.538 bits per heavy atom. The fraction of sp³-hybridized carbons (Fsp3) is 1.00. The molecule has 154 valence electrons. The highest BCUT2D eigenvalue weighted by atomic mass is 128. The molecule has 0 heterocycles. The van der Waals surface area contributed by atoms with E-state index < -0.39 is 0 Å². The summed E-state index contributed by atoms with van der Waals surface area (Å²) in [5.41, 5.74) is 0. The van der Waals surface area contributed by atoms with Crippen LogP contribution in [0.2, 0.25) is 0 Å². The van der Waals surface area contributed by atoms with Crippen LogP contribution in [0.3, 0.4) is 0 Å². The minimum absolute atomic E-state index is 0.973. The van der Waals surface area contributed by atoms with Crippen molar-refractivity contribution in [2.45, 2.75) is 65.5 Å². The molecule has 4 aliphatic rings. The van der Waals surface area contributed by atoms with Crippen molar-refractivity contribution in [3.05, 3.63) is 0 Å². The molecule has 0 radical (unpaired) electrons. The molecule has 0 spiro atoms. The van der Waals surface area contributed by atoms with E-state index in [1.165, 1.54) is 25.7 Å². The van der Waals surface area contributed by atoms with Crippen molar-refractivity contribution in [3.8, 4) is 0 Å². The molecule has 2 nitrogen and oxygen atoms in total. The van der Waals surface area contributed by atoms with Gasteiger partial charge in [-0.05, 0) is 48.3 Å². The minimum atomic E-state index is 0.973. The van der Waals surface area contributed by atoms with Crippen LogP contribution in [0, 0.1) is 47.3 Å². The molecule has 4 rings (SSSR count). The van der Waals surface area contributed by atoms with Crippen molar-refractivity contribution < 1.29 is 9.80 Å². The Hall–Kier alpha value is 1.38. The van der Waals surface area contributed by atoms with Gasteiger partial charge in [-0.2, -0.15) is 0 Å². The van der Waals surface area contributed by atoms with E-state index in [4.69, 9.17) is 0 Å². The molecule has 0 amide bonds. The quantitative estimate of drug-likeness (QED) is 0.457. The number of halogens is 2. The molecular formula is C22H44I2N2+2. The van der Waals surface area contributed by atoms with E-state index in [0.717, 1.165) is 59.4 Å². The van der Waals surface area contributed by atoms with Gasteiger partial charge in [-0.25, -0.2) is 0 Å². The van der Waals surface area contributed by atoms with Gasteiger partial charge in [0.05, 0.1) is 40.3 Å². The van der Waals surface area contributed by atoms with Crippen LogP contribution in [0.25, 0.3) is 0 Å². The fourth-order valence-corrected chi connectivity index (χ4v) is 7.21. The predicted molar refractivity (Wildman–Crippen MR) is 130 cm³/mol. The predicted octanol–water partition coefficient (Wildman–Crippen LogP) is 3.39. The molecule has 26 heavy (non-hydrogen) atoms. The SMILES string of the molecule is C[C@@H]1C2CC(C[C@H]2[NH+](C)C)[C@@H]1C.C[C@@H]1C2CC([C@H]([NH+](C)C)C2)[C@@H]1C.II. The molecule has 4 heteroatoms. The van der Waals surface area contributed by atoms with Gasteiger partial charge in [-0.1, -0.05) is 27.7 Å². The van der Waals surface area contributed by atoms with Crippen LogP contribution in [0.15, 0.2) is 0 Å². The number of hydrogen-bond donors (Lipinski definition) is 2. The number of nitrogens with one attached hydrogen (secondary N) is 2. The van der Waals surface area contributed by atoms with E-state index in [0.29, 0.717) is 0 Å². The molecule has 4 bridgehead atoms. The molecule has 10 atom stereocenters. The van der Waals surface area contributed by atoms with Crippen molar-refractivity contribution >= 4 is 37.2 Å². The fourth-order valence-electron chi connectivity index (χ4n) is 7.21. The molecule has 0 aromatic heterocycles. The Labute approximate surface area is 186 Å². The summed E-state index contributed by atoms with van der Waals surface area (Å²) >= 11 is 4.24. The zero-order chi connectivity index (χ0) is 19.8. The molecule has 0 aliphatic heterocycles. The zero-order valence-electron chi connectivity index (χ0n) is 18.4. The first-order valence-electron chi connectivity index (χ1n) is 11.0. The highest BCUT2D eigenvalue weighted by Crippen LogP contribution is 2.51. The maximum atomic E-state index is 2.46. The first-order valence-corrected chi connectivity index (χ1v) is 17.2. The molecule has 0 aromatic rings. The van der Waals surface area contributed by atoms with Crippen LogP contribution in [0.4, 0.5) is 0 Å². The second-order valence-corrected chi connectivity index (χ2v) is 10.6. The Kier molecular flexibility index (Phi) is 9.03. The summed E-state index contributed by atoms with van der Waals surface area (Å²) in [7, 11) is 9.29. The Morgan fingerprint density at radius 3 is 1.04 bits per heavy atom. The van der Waals surface area contributed by atoms with Crippen LogP contribution in [-0.2, 0) is 0 Å². The molecule has 4 fully saturated rings. The van der Waals surface area contributed by atoms with E-state index >= 15 is 0 Å². The molecule has 2 N–H and O–H groups in total. The summed E-state index contributed by atoms with van der Waals surface area (Å²) in [4.78, 5) is 3.36. The molecule has 0 saturated heterocycles. The Balaban J connectivity index is 0.000000171. The maximum absolute atomic E-state index is 2.46. The van der Waals surface area contributed by atoms with Gasteiger partial charge in [0, 0.05) is 61.9 Å². The second-order valence-electron chi connectivity index (χ2n) is 10.6. The summed E-state index contributed by atoms with van der Waals surface area (Å²) in [6.07, 6.45) is 6.05. The molecular weight excluding hydrogens is 546 g/mol. The lowest BCUT2D eigenvalue weighted by molar-refractivity contribution is -0.890. The van der Waals surface area contributed by atoms with Crippen LogP contribution < -0.4 is 9.80 Å². The summed E-state index contributed by atoms with van der Waals surface area (Å²) < 4.78 is 0. The van der Waals surface area contributed by atoms with Crippen LogP contribution in [0.5, 0.6) is 0 Å². The first-order chi connectivity index (χ1) is 12.2. The van der Waals surface area contributed by atoms with Gasteiger partial charge in [-0.3, -0.25) is 0 Å². The lowest BCUT2D eigenvalue weighted by Crippen LogP contribution is -3.10. The average molecular weight is 590 g/mol. The molecule has 4 unspecified atom stereocenters. The summed E-state index contributed by atoms with van der Waals surface area (Å²) in [5, 5.41) is 0. The van der Waals surface area contributed by atoms with Gasteiger partial charge in [0.15, 0.2) is 0 Å². The largest absolute Gasteiger partial charge is 0.337 e. The van der Waals surface area contributed by atoms with Crippen molar-refractivity contribution in [3.63, 3.8) is 0 Å². The topological polar surface area (TPSA) is 8.88 Å². The standard InChI is InChI=1S/2C11H21N.I2/c2*1-7-8(2)10-5-9(7)6-11(10)12(3)4;1-2/h2*7-11H,5-6H2,1-4H3;/p+2/t7-,8+,9?,10?,11+;7-,8+,9?,10?,11-;/m01./s1. The lowest BCUT2D eigenvalue weighted by atomic mass is 9.79. The number of hydrogen-bond acceptors (Lipinski definition) is 0. The van der Waals surface area contributed by atoms with Crippen molar-refractivity contribution in [2.24, 2.45) is 47.3 Å². The van der Waals surface area contributed by atoms with E-state index in [2.05, 4.69) is 93.1 Å². The maximum Gasteiger partial charge on any atom is 0.0904 e. The summed E-state index contributed by atoms with van der Waals surface area (Å²) in [6, 6.07) is 1.95. The van der Waals surface area contributed by atoms with Gasteiger partial charge >= 0.3 is 0 Å². The molecule has 0 aromatic carbocycles. The van der Waals surface area contributed by atoms with Gasteiger partial charge in [-0.15, -0.1) is 0 Å². The van der Waals surface area contributed by atoms with Gasteiger partial charge in [0.1, 0.15) is 0 Å². The average Bonchev–Trinajstić information content (AvgIpc) is 3.35. The van der Waals surface area contributed by atoms with Crippen molar-refractivity contribution in [2.75, 3.05) is 28.2 Å². The monoisotopic (exact) mass is 590 g/mol. The third-order valence-corrected chi connectivity index (χ3v) is 9.28. The molecule has 4 aliphatic carbocycles. The van der Waals surface area contributed by atoms with E-state index in [-0.39, 0.29) is 0 Å². The highest BCUT2D eigenvalue weighted by molar-refractivity contribution is 15.0. The van der Waals surface area contributed by atoms with E-state index in [1.807, 2.05) is 0 Å². The zero-order valence-corrected chi connectivity index (χ0v) is 22.7. The van der Waals surface area contributed by atoms with Gasteiger partial charge < -0.3 is 9.80 Å².